The zero-order valence-electron chi connectivity index (χ0n) is 20.2. The Hall–Kier alpha value is -1.66. The molecular weight excluding hydrogens is 400 g/mol. The fourth-order valence-corrected chi connectivity index (χ4v) is 5.22. The standard InChI is InChI=1S/C26H40N2O2Si/c1-26(2,3)31(5,6)30-24-15-16-28(18-24)19-25(27-4)22-13-10-14-23(17-22)29-20-21-11-8-7-9-12-21/h7-14,17,24-25,27H,15-16,18-20H2,1-6H3/t24-,25+/m0/s1. The fourth-order valence-electron chi connectivity index (χ4n) is 3.84. The average Bonchev–Trinajstić information content (AvgIpc) is 3.17. The number of nitrogens with one attached hydrogen (secondary N) is 1. The van der Waals surface area contributed by atoms with Crippen LogP contribution in [0.2, 0.25) is 18.1 Å². The van der Waals surface area contributed by atoms with Gasteiger partial charge in [-0.15, -0.1) is 0 Å². The second kappa shape index (κ2) is 10.3. The molecule has 1 aliphatic heterocycles. The van der Waals surface area contributed by atoms with Crippen molar-refractivity contribution in [1.82, 2.24) is 10.2 Å². The largest absolute Gasteiger partial charge is 0.489 e. The Morgan fingerprint density at radius 1 is 1.10 bits per heavy atom. The van der Waals surface area contributed by atoms with Crippen molar-refractivity contribution in [2.45, 2.75) is 64.1 Å². The van der Waals surface area contributed by atoms with Crippen molar-refractivity contribution in [2.24, 2.45) is 0 Å². The van der Waals surface area contributed by atoms with Gasteiger partial charge in [0.1, 0.15) is 12.4 Å². The van der Waals surface area contributed by atoms with Crippen LogP contribution in [0.4, 0.5) is 0 Å². The van der Waals surface area contributed by atoms with E-state index < -0.39 is 8.32 Å². The van der Waals surface area contributed by atoms with Gasteiger partial charge in [-0.3, -0.25) is 4.90 Å². The molecule has 4 nitrogen and oxygen atoms in total. The van der Waals surface area contributed by atoms with Crippen LogP contribution >= 0.6 is 0 Å². The van der Waals surface area contributed by atoms with E-state index in [1.54, 1.807) is 0 Å². The third kappa shape index (κ3) is 6.66. The van der Waals surface area contributed by atoms with Crippen molar-refractivity contribution in [3.8, 4) is 5.75 Å². The summed E-state index contributed by atoms with van der Waals surface area (Å²) >= 11 is 0. The Morgan fingerprint density at radius 3 is 2.52 bits per heavy atom. The molecule has 0 aromatic heterocycles. The maximum Gasteiger partial charge on any atom is 0.192 e. The lowest BCUT2D eigenvalue weighted by atomic mass is 10.1. The molecule has 0 unspecified atom stereocenters. The van der Waals surface area contributed by atoms with Crippen LogP contribution in [0.5, 0.6) is 5.75 Å². The van der Waals surface area contributed by atoms with Crippen LogP contribution in [-0.4, -0.2) is 46.0 Å². The van der Waals surface area contributed by atoms with Crippen LogP contribution in [0.25, 0.3) is 0 Å². The maximum absolute atomic E-state index is 6.66. The predicted molar refractivity (Wildman–Crippen MR) is 132 cm³/mol. The fraction of sp³-hybridized carbons (Fsp3) is 0.538. The second-order valence-electron chi connectivity index (χ2n) is 10.2. The van der Waals surface area contributed by atoms with Gasteiger partial charge < -0.3 is 14.5 Å². The van der Waals surface area contributed by atoms with Crippen molar-refractivity contribution in [1.29, 1.82) is 0 Å². The second-order valence-corrected chi connectivity index (χ2v) is 15.0. The van der Waals surface area contributed by atoms with Gasteiger partial charge in [0, 0.05) is 25.7 Å². The molecule has 1 aliphatic rings. The Balaban J connectivity index is 1.56. The summed E-state index contributed by atoms with van der Waals surface area (Å²) in [6.45, 7) is 15.3. The van der Waals surface area contributed by atoms with E-state index in [-0.39, 0.29) is 11.1 Å². The molecular formula is C26H40N2O2Si. The van der Waals surface area contributed by atoms with E-state index in [0.717, 1.165) is 31.8 Å². The summed E-state index contributed by atoms with van der Waals surface area (Å²) in [5, 5.41) is 3.76. The molecule has 2 aromatic carbocycles. The molecule has 1 fully saturated rings. The Morgan fingerprint density at radius 2 is 1.84 bits per heavy atom. The van der Waals surface area contributed by atoms with Crippen LogP contribution in [-0.2, 0) is 11.0 Å². The molecule has 2 atom stereocenters. The SMILES string of the molecule is CN[C@H](CN1CC[C@H](O[Si](C)(C)C(C)(C)C)C1)c1cccc(OCc2ccccc2)c1. The van der Waals surface area contributed by atoms with Crippen LogP contribution in [0, 0.1) is 0 Å². The van der Waals surface area contributed by atoms with E-state index in [1.165, 1.54) is 11.1 Å². The van der Waals surface area contributed by atoms with E-state index in [0.29, 0.717) is 12.7 Å². The number of likely N-dealkylation sites (tertiary alicyclic amines) is 1. The monoisotopic (exact) mass is 440 g/mol. The summed E-state index contributed by atoms with van der Waals surface area (Å²) in [5.41, 5.74) is 2.45. The van der Waals surface area contributed by atoms with E-state index in [9.17, 15) is 0 Å². The first kappa shape index (κ1) is 24.0. The summed E-state index contributed by atoms with van der Waals surface area (Å²) in [4.78, 5) is 2.54. The molecule has 0 spiro atoms. The first-order valence-electron chi connectivity index (χ1n) is 11.5. The highest BCUT2D eigenvalue weighted by atomic mass is 28.4. The van der Waals surface area contributed by atoms with Gasteiger partial charge in [-0.1, -0.05) is 63.2 Å². The van der Waals surface area contributed by atoms with Crippen molar-refractivity contribution in [3.63, 3.8) is 0 Å². The first-order valence-corrected chi connectivity index (χ1v) is 14.4. The minimum Gasteiger partial charge on any atom is -0.489 e. The lowest BCUT2D eigenvalue weighted by Gasteiger charge is -2.38. The van der Waals surface area contributed by atoms with Crippen LogP contribution < -0.4 is 10.1 Å². The summed E-state index contributed by atoms with van der Waals surface area (Å²) < 4.78 is 12.7. The zero-order valence-corrected chi connectivity index (χ0v) is 21.2. The molecule has 0 amide bonds. The van der Waals surface area contributed by atoms with Crippen molar-refractivity contribution >= 4 is 8.32 Å². The Kier molecular flexibility index (Phi) is 7.97. The van der Waals surface area contributed by atoms with Gasteiger partial charge in [-0.25, -0.2) is 0 Å². The van der Waals surface area contributed by atoms with Crippen molar-refractivity contribution < 1.29 is 9.16 Å². The topological polar surface area (TPSA) is 33.7 Å². The maximum atomic E-state index is 6.66. The van der Waals surface area contributed by atoms with Crippen LogP contribution in [0.15, 0.2) is 54.6 Å². The number of hydrogen-bond donors (Lipinski definition) is 1. The summed E-state index contributed by atoms with van der Waals surface area (Å²) in [6, 6.07) is 19.1. The zero-order chi connectivity index (χ0) is 22.5. The number of likely N-dealkylation sites (N-methyl/N-ethyl adjacent to an activating group) is 1. The van der Waals surface area contributed by atoms with E-state index >= 15 is 0 Å². The number of hydrogen-bond acceptors (Lipinski definition) is 4. The lowest BCUT2D eigenvalue weighted by Crippen LogP contribution is -2.44. The van der Waals surface area contributed by atoms with E-state index in [2.05, 4.69) is 74.4 Å². The molecule has 1 N–H and O–H groups in total. The molecule has 31 heavy (non-hydrogen) atoms. The van der Waals surface area contributed by atoms with Crippen molar-refractivity contribution in [3.05, 3.63) is 65.7 Å². The van der Waals surface area contributed by atoms with Gasteiger partial charge in [-0.05, 0) is 54.9 Å². The highest BCUT2D eigenvalue weighted by molar-refractivity contribution is 6.74. The van der Waals surface area contributed by atoms with Gasteiger partial charge in [0.25, 0.3) is 0 Å². The number of ether oxygens (including phenoxy) is 1. The average molecular weight is 441 g/mol. The number of nitrogens with zero attached hydrogens (tertiary/aromatic N) is 1. The molecule has 2 aromatic rings. The van der Waals surface area contributed by atoms with Gasteiger partial charge in [0.15, 0.2) is 8.32 Å². The highest BCUT2D eigenvalue weighted by Crippen LogP contribution is 2.38. The summed E-state index contributed by atoms with van der Waals surface area (Å²) in [7, 11) is 0.328. The van der Waals surface area contributed by atoms with Crippen LogP contribution in [0.1, 0.15) is 44.4 Å². The molecule has 0 radical (unpaired) electrons. The number of rotatable bonds is 9. The molecule has 3 rings (SSSR count). The van der Waals surface area contributed by atoms with Crippen LogP contribution in [0.3, 0.4) is 0 Å². The van der Waals surface area contributed by atoms with Gasteiger partial charge in [-0.2, -0.15) is 0 Å². The lowest BCUT2D eigenvalue weighted by molar-refractivity contribution is 0.177. The molecule has 0 bridgehead atoms. The third-order valence-corrected chi connectivity index (χ3v) is 11.3. The molecule has 1 saturated heterocycles. The van der Waals surface area contributed by atoms with E-state index in [4.69, 9.17) is 9.16 Å². The predicted octanol–water partition coefficient (Wildman–Crippen LogP) is 5.62. The van der Waals surface area contributed by atoms with E-state index in [1.807, 2.05) is 31.3 Å². The highest BCUT2D eigenvalue weighted by Gasteiger charge is 2.40. The molecule has 170 valence electrons. The minimum atomic E-state index is -1.72. The molecule has 5 heteroatoms. The Bertz CT molecular complexity index is 820. The Labute approximate surface area is 190 Å². The molecule has 0 aliphatic carbocycles. The molecule has 1 heterocycles. The van der Waals surface area contributed by atoms with Gasteiger partial charge >= 0.3 is 0 Å². The number of benzene rings is 2. The third-order valence-electron chi connectivity index (χ3n) is 6.79. The first-order chi connectivity index (χ1) is 14.7. The van der Waals surface area contributed by atoms with Gasteiger partial charge in [0.2, 0.25) is 0 Å². The summed E-state index contributed by atoms with van der Waals surface area (Å²) in [5.74, 6) is 0.919. The normalized spacial score (nSPS) is 18.8. The van der Waals surface area contributed by atoms with Gasteiger partial charge in [0.05, 0.1) is 6.10 Å². The minimum absolute atomic E-state index is 0.258. The smallest absolute Gasteiger partial charge is 0.192 e. The molecule has 0 saturated carbocycles. The van der Waals surface area contributed by atoms with Crippen molar-refractivity contribution in [2.75, 3.05) is 26.7 Å². The quantitative estimate of drug-likeness (QED) is 0.513. The summed E-state index contributed by atoms with van der Waals surface area (Å²) in [6.07, 6.45) is 1.49.